The van der Waals surface area contributed by atoms with Gasteiger partial charge in [0, 0.05) is 18.7 Å². The summed E-state index contributed by atoms with van der Waals surface area (Å²) in [5, 5.41) is 10.0. The van der Waals surface area contributed by atoms with Crippen molar-refractivity contribution in [3.8, 4) is 0 Å². The van der Waals surface area contributed by atoms with E-state index in [0.717, 1.165) is 32.5 Å². The molecule has 0 aromatic carbocycles. The average Bonchev–Trinajstić information content (AvgIpc) is 2.39. The van der Waals surface area contributed by atoms with Gasteiger partial charge >= 0.3 is 0 Å². The predicted octanol–water partition coefficient (Wildman–Crippen LogP) is 0.504. The van der Waals surface area contributed by atoms with E-state index >= 15 is 0 Å². The van der Waals surface area contributed by atoms with Gasteiger partial charge in [-0.2, -0.15) is 5.11 Å². The van der Waals surface area contributed by atoms with Crippen LogP contribution in [-0.4, -0.2) is 48.4 Å². The van der Waals surface area contributed by atoms with Crippen molar-refractivity contribution in [2.24, 2.45) is 10.2 Å². The predicted molar refractivity (Wildman–Crippen MR) is 66.1 cm³/mol. The Morgan fingerprint density at radius 3 is 3.11 bits per heavy atom. The van der Waals surface area contributed by atoms with Crippen LogP contribution in [-0.2, 0) is 9.59 Å². The first-order valence-electron chi connectivity index (χ1n) is 6.35. The number of amides is 2. The highest BCUT2D eigenvalue weighted by atomic mass is 16.2. The lowest BCUT2D eigenvalue weighted by Crippen LogP contribution is -2.49. The lowest BCUT2D eigenvalue weighted by Gasteiger charge is -2.32. The number of hydrogen-bond acceptors (Lipinski definition) is 4. The largest absolute Gasteiger partial charge is 0.350 e. The van der Waals surface area contributed by atoms with Crippen LogP contribution >= 0.6 is 0 Å². The van der Waals surface area contributed by atoms with Gasteiger partial charge in [0.25, 0.3) is 11.8 Å². The first-order valence-corrected chi connectivity index (χ1v) is 6.35. The summed E-state index contributed by atoms with van der Waals surface area (Å²) in [5.41, 5.74) is 0. The van der Waals surface area contributed by atoms with E-state index in [1.807, 2.05) is 0 Å². The Balaban J connectivity index is 1.85. The van der Waals surface area contributed by atoms with Crippen molar-refractivity contribution >= 4 is 11.8 Å². The van der Waals surface area contributed by atoms with Crippen molar-refractivity contribution in [3.05, 3.63) is 12.2 Å². The van der Waals surface area contributed by atoms with E-state index in [9.17, 15) is 9.59 Å². The molecule has 2 unspecified atom stereocenters. The second-order valence-corrected chi connectivity index (χ2v) is 4.60. The molecule has 0 aromatic rings. The Kier molecular flexibility index (Phi) is 4.19. The lowest BCUT2D eigenvalue weighted by atomic mass is 10.1. The van der Waals surface area contributed by atoms with Crippen LogP contribution in [0.2, 0.25) is 0 Å². The minimum atomic E-state index is -0.653. The molecule has 0 aliphatic carbocycles. The van der Waals surface area contributed by atoms with Gasteiger partial charge in [-0.1, -0.05) is 6.92 Å². The van der Waals surface area contributed by atoms with Crippen LogP contribution < -0.4 is 5.32 Å². The van der Waals surface area contributed by atoms with Crippen LogP contribution in [0.15, 0.2) is 22.4 Å². The van der Waals surface area contributed by atoms with Gasteiger partial charge in [0.1, 0.15) is 0 Å². The molecular weight excluding hydrogens is 232 g/mol. The zero-order valence-electron chi connectivity index (χ0n) is 10.5. The molecule has 0 aromatic heterocycles. The number of azo groups is 1. The van der Waals surface area contributed by atoms with Crippen LogP contribution in [0.3, 0.4) is 0 Å². The third kappa shape index (κ3) is 3.22. The highest BCUT2D eigenvalue weighted by Crippen LogP contribution is 2.11. The minimum absolute atomic E-state index is 0.174. The Morgan fingerprint density at radius 2 is 2.44 bits per heavy atom. The zero-order chi connectivity index (χ0) is 13.0. The molecule has 0 spiro atoms. The summed E-state index contributed by atoms with van der Waals surface area (Å²) in [6, 6.07) is -0.480. The number of likely N-dealkylation sites (N-methyl/N-ethyl adjacent to an activating group) is 1. The topological polar surface area (TPSA) is 74.1 Å². The number of hydrogen-bond donors (Lipinski definition) is 1. The van der Waals surface area contributed by atoms with Gasteiger partial charge in [-0.3, -0.25) is 9.59 Å². The summed E-state index contributed by atoms with van der Waals surface area (Å²) in [7, 11) is 0. The monoisotopic (exact) mass is 250 g/mol. The van der Waals surface area contributed by atoms with Crippen LogP contribution in [0.25, 0.3) is 0 Å². The van der Waals surface area contributed by atoms with E-state index in [0.29, 0.717) is 0 Å². The van der Waals surface area contributed by atoms with Crippen LogP contribution in [0, 0.1) is 0 Å². The summed E-state index contributed by atoms with van der Waals surface area (Å²) >= 11 is 0. The van der Waals surface area contributed by atoms with Crippen molar-refractivity contribution in [2.45, 2.75) is 31.8 Å². The first kappa shape index (κ1) is 12.9. The minimum Gasteiger partial charge on any atom is -0.350 e. The molecule has 0 bridgehead atoms. The fraction of sp³-hybridized carbons (Fsp3) is 0.667. The molecule has 98 valence electrons. The van der Waals surface area contributed by atoms with Gasteiger partial charge in [-0.05, 0) is 32.0 Å². The van der Waals surface area contributed by atoms with Crippen molar-refractivity contribution in [2.75, 3.05) is 19.6 Å². The quantitative estimate of drug-likeness (QED) is 0.792. The third-order valence-corrected chi connectivity index (χ3v) is 3.27. The zero-order valence-corrected chi connectivity index (χ0v) is 10.5. The van der Waals surface area contributed by atoms with E-state index in [1.165, 1.54) is 12.2 Å². The molecule has 2 amide bonds. The van der Waals surface area contributed by atoms with E-state index < -0.39 is 11.9 Å². The summed E-state index contributed by atoms with van der Waals surface area (Å²) in [4.78, 5) is 25.1. The van der Waals surface area contributed by atoms with Gasteiger partial charge in [0.15, 0.2) is 6.04 Å². The summed E-state index contributed by atoms with van der Waals surface area (Å²) in [5.74, 6) is -0.584. The number of carbonyl (C=O) groups excluding carboxylic acids is 2. The second-order valence-electron chi connectivity index (χ2n) is 4.60. The van der Waals surface area contributed by atoms with Crippen LogP contribution in [0.4, 0.5) is 0 Å². The lowest BCUT2D eigenvalue weighted by molar-refractivity contribution is -0.122. The summed E-state index contributed by atoms with van der Waals surface area (Å²) < 4.78 is 0. The number of rotatable bonds is 3. The van der Waals surface area contributed by atoms with E-state index in [2.05, 4.69) is 27.4 Å². The fourth-order valence-electron chi connectivity index (χ4n) is 2.25. The molecule has 1 N–H and O–H groups in total. The molecule has 2 heterocycles. The highest BCUT2D eigenvalue weighted by Gasteiger charge is 2.24. The molecule has 2 rings (SSSR count). The van der Waals surface area contributed by atoms with Crippen LogP contribution in [0.1, 0.15) is 19.8 Å². The number of nitrogens with one attached hydrogen (secondary N) is 1. The average molecular weight is 250 g/mol. The molecule has 2 aliphatic rings. The number of nitrogens with zero attached hydrogens (tertiary/aromatic N) is 3. The molecule has 2 atom stereocenters. The maximum atomic E-state index is 11.9. The van der Waals surface area contributed by atoms with Crippen molar-refractivity contribution in [1.82, 2.24) is 10.2 Å². The Bertz CT molecular complexity index is 376. The van der Waals surface area contributed by atoms with Crippen molar-refractivity contribution in [1.29, 1.82) is 0 Å². The molecule has 6 nitrogen and oxygen atoms in total. The van der Waals surface area contributed by atoms with Crippen LogP contribution in [0.5, 0.6) is 0 Å². The molecule has 6 heteroatoms. The van der Waals surface area contributed by atoms with E-state index in [4.69, 9.17) is 0 Å². The number of piperidine rings is 1. The molecule has 18 heavy (non-hydrogen) atoms. The second kappa shape index (κ2) is 5.86. The SMILES string of the molecule is CCN1CCCC(NC(=O)C2C=CC(=O)N=N2)C1. The molecule has 0 radical (unpaired) electrons. The summed E-state index contributed by atoms with van der Waals surface area (Å²) in [6.45, 7) is 5.10. The van der Waals surface area contributed by atoms with Crippen molar-refractivity contribution < 1.29 is 9.59 Å². The van der Waals surface area contributed by atoms with Gasteiger partial charge in [-0.25, -0.2) is 0 Å². The molecular formula is C12H18N4O2. The molecule has 1 fully saturated rings. The maximum Gasteiger partial charge on any atom is 0.287 e. The van der Waals surface area contributed by atoms with Gasteiger partial charge < -0.3 is 10.2 Å². The third-order valence-electron chi connectivity index (χ3n) is 3.27. The smallest absolute Gasteiger partial charge is 0.287 e. The Hall–Kier alpha value is -1.56. The van der Waals surface area contributed by atoms with Gasteiger partial charge in [-0.15, -0.1) is 5.11 Å². The fourth-order valence-corrected chi connectivity index (χ4v) is 2.25. The van der Waals surface area contributed by atoms with Gasteiger partial charge in [0.2, 0.25) is 0 Å². The maximum absolute atomic E-state index is 11.9. The summed E-state index contributed by atoms with van der Waals surface area (Å²) in [6.07, 6.45) is 4.87. The highest BCUT2D eigenvalue weighted by molar-refractivity contribution is 5.92. The molecule has 2 aliphatic heterocycles. The first-order chi connectivity index (χ1) is 8.69. The van der Waals surface area contributed by atoms with Gasteiger partial charge in [0.05, 0.1) is 0 Å². The Morgan fingerprint density at radius 1 is 1.61 bits per heavy atom. The van der Waals surface area contributed by atoms with E-state index in [1.54, 1.807) is 0 Å². The van der Waals surface area contributed by atoms with Crippen molar-refractivity contribution in [3.63, 3.8) is 0 Å². The molecule has 1 saturated heterocycles. The Labute approximate surface area is 106 Å². The number of likely N-dealkylation sites (tertiary alicyclic amines) is 1. The normalized spacial score (nSPS) is 28.4. The standard InChI is InChI=1S/C12H18N4O2/c1-2-16-7-3-4-9(8-16)13-12(18)10-5-6-11(17)15-14-10/h5-6,9-10H,2-4,7-8H2,1H3,(H,13,18). The van der Waals surface area contributed by atoms with E-state index in [-0.39, 0.29) is 11.9 Å². The molecule has 0 saturated carbocycles. The number of carbonyl (C=O) groups is 2.